The van der Waals surface area contributed by atoms with Crippen LogP contribution in [0.2, 0.25) is 5.02 Å². The third-order valence-corrected chi connectivity index (χ3v) is 3.24. The zero-order chi connectivity index (χ0) is 15.4. The Hall–Kier alpha value is -2.37. The molecule has 0 aromatic heterocycles. The number of carbonyl (C=O) groups is 2. The molecule has 2 rings (SSSR count). The molecule has 1 amide bonds. The van der Waals surface area contributed by atoms with E-state index < -0.39 is 11.9 Å². The molecule has 0 bridgehead atoms. The van der Waals surface area contributed by atoms with Crippen molar-refractivity contribution in [2.75, 3.05) is 5.32 Å². The van der Waals surface area contributed by atoms with Crippen molar-refractivity contribution >= 4 is 29.2 Å². The zero-order valence-corrected chi connectivity index (χ0v) is 11.7. The van der Waals surface area contributed by atoms with Gasteiger partial charge in [0.1, 0.15) is 5.56 Å². The lowest BCUT2D eigenvalue weighted by molar-refractivity contribution is 0.0698. The Morgan fingerprint density at radius 1 is 1.14 bits per heavy atom. The number of carboxylic acid groups (broad SMARTS) is 1. The predicted octanol–water partition coefficient (Wildman–Crippen LogP) is 2.75. The van der Waals surface area contributed by atoms with Crippen LogP contribution in [0.4, 0.5) is 5.69 Å². The number of hydrogen-bond donors (Lipinski definition) is 3. The van der Waals surface area contributed by atoms with Gasteiger partial charge in [-0.05, 0) is 29.8 Å². The molecule has 21 heavy (non-hydrogen) atoms. The third kappa shape index (κ3) is 3.39. The van der Waals surface area contributed by atoms with E-state index in [4.69, 9.17) is 22.4 Å². The van der Waals surface area contributed by atoms with E-state index in [2.05, 4.69) is 5.32 Å². The summed E-state index contributed by atoms with van der Waals surface area (Å²) >= 11 is 5.85. The number of halogens is 1. The van der Waals surface area contributed by atoms with Gasteiger partial charge in [-0.3, -0.25) is 4.79 Å². The molecule has 2 aromatic rings. The average Bonchev–Trinajstić information content (AvgIpc) is 2.47. The number of benzene rings is 2. The van der Waals surface area contributed by atoms with Crippen molar-refractivity contribution in [2.45, 2.75) is 6.54 Å². The van der Waals surface area contributed by atoms with Crippen LogP contribution in [0.15, 0.2) is 42.5 Å². The molecule has 0 unspecified atom stereocenters. The van der Waals surface area contributed by atoms with Gasteiger partial charge in [-0.15, -0.1) is 0 Å². The number of carboxylic acids is 1. The molecule has 5 nitrogen and oxygen atoms in total. The number of rotatable bonds is 4. The Balaban J connectivity index is 2.27. The van der Waals surface area contributed by atoms with Crippen molar-refractivity contribution in [3.63, 3.8) is 0 Å². The first kappa shape index (κ1) is 15.0. The first-order chi connectivity index (χ1) is 10.0. The second-order valence-corrected chi connectivity index (χ2v) is 4.73. The summed E-state index contributed by atoms with van der Waals surface area (Å²) in [7, 11) is 0. The highest BCUT2D eigenvalue weighted by molar-refractivity contribution is 6.34. The van der Waals surface area contributed by atoms with Crippen molar-refractivity contribution in [2.24, 2.45) is 5.73 Å². The molecule has 0 aliphatic heterocycles. The lowest BCUT2D eigenvalue weighted by atomic mass is 10.1. The van der Waals surface area contributed by atoms with E-state index in [9.17, 15) is 9.59 Å². The lowest BCUT2D eigenvalue weighted by Gasteiger charge is -2.10. The summed E-state index contributed by atoms with van der Waals surface area (Å²) in [5.74, 6) is -1.61. The predicted molar refractivity (Wildman–Crippen MR) is 80.7 cm³/mol. The lowest BCUT2D eigenvalue weighted by Crippen LogP contribution is -2.15. The highest BCUT2D eigenvalue weighted by Crippen LogP contribution is 2.24. The normalized spacial score (nSPS) is 10.2. The van der Waals surface area contributed by atoms with Crippen molar-refractivity contribution in [1.29, 1.82) is 0 Å². The minimum Gasteiger partial charge on any atom is -0.478 e. The summed E-state index contributed by atoms with van der Waals surface area (Å²) < 4.78 is 0. The molecule has 0 saturated heterocycles. The van der Waals surface area contributed by atoms with Gasteiger partial charge in [0.05, 0.1) is 10.7 Å². The Labute approximate surface area is 126 Å². The maximum atomic E-state index is 12.1. The molecular formula is C15H13ClN2O3. The molecule has 0 aliphatic rings. The maximum absolute atomic E-state index is 12.1. The van der Waals surface area contributed by atoms with Crippen LogP contribution in [0, 0.1) is 0 Å². The highest BCUT2D eigenvalue weighted by atomic mass is 35.5. The van der Waals surface area contributed by atoms with Gasteiger partial charge in [0.15, 0.2) is 0 Å². The molecule has 2 aromatic carbocycles. The third-order valence-electron chi connectivity index (χ3n) is 2.93. The number of nitrogens with two attached hydrogens (primary N) is 1. The average molecular weight is 305 g/mol. The quantitative estimate of drug-likeness (QED) is 0.809. The molecule has 0 heterocycles. The summed E-state index contributed by atoms with van der Waals surface area (Å²) in [4.78, 5) is 23.3. The van der Waals surface area contributed by atoms with Gasteiger partial charge in [-0.1, -0.05) is 29.8 Å². The largest absolute Gasteiger partial charge is 0.478 e. The minimum atomic E-state index is -1.20. The molecular weight excluding hydrogens is 292 g/mol. The van der Waals surface area contributed by atoms with Crippen LogP contribution in [0.3, 0.4) is 0 Å². The van der Waals surface area contributed by atoms with E-state index in [1.165, 1.54) is 12.1 Å². The summed E-state index contributed by atoms with van der Waals surface area (Å²) in [6, 6.07) is 11.3. The van der Waals surface area contributed by atoms with Crippen LogP contribution in [0.25, 0.3) is 0 Å². The fourth-order valence-electron chi connectivity index (χ4n) is 1.83. The summed E-state index contributed by atoms with van der Waals surface area (Å²) in [5.41, 5.74) is 6.82. The Kier molecular flexibility index (Phi) is 4.57. The topological polar surface area (TPSA) is 92.4 Å². The van der Waals surface area contributed by atoms with Crippen molar-refractivity contribution in [3.05, 3.63) is 64.2 Å². The van der Waals surface area contributed by atoms with Gasteiger partial charge in [0.25, 0.3) is 5.91 Å². The van der Waals surface area contributed by atoms with E-state index in [0.717, 1.165) is 5.56 Å². The zero-order valence-electron chi connectivity index (χ0n) is 11.0. The monoisotopic (exact) mass is 304 g/mol. The molecule has 4 N–H and O–H groups in total. The van der Waals surface area contributed by atoms with Crippen LogP contribution in [-0.2, 0) is 6.54 Å². The van der Waals surface area contributed by atoms with E-state index in [1.54, 1.807) is 30.3 Å². The molecule has 6 heteroatoms. The second kappa shape index (κ2) is 6.39. The molecule has 0 saturated carbocycles. The number of amides is 1. The molecule has 0 fully saturated rings. The van der Waals surface area contributed by atoms with Gasteiger partial charge in [0, 0.05) is 12.1 Å². The smallest absolute Gasteiger partial charge is 0.339 e. The van der Waals surface area contributed by atoms with Crippen LogP contribution in [0.1, 0.15) is 26.3 Å². The fourth-order valence-corrected chi connectivity index (χ4v) is 2.09. The minimum absolute atomic E-state index is 0.0683. The van der Waals surface area contributed by atoms with Crippen LogP contribution in [0.5, 0.6) is 0 Å². The number of nitrogens with one attached hydrogen (secondary N) is 1. The van der Waals surface area contributed by atoms with Crippen molar-refractivity contribution < 1.29 is 14.7 Å². The van der Waals surface area contributed by atoms with Gasteiger partial charge < -0.3 is 16.2 Å². The van der Waals surface area contributed by atoms with Gasteiger partial charge in [0.2, 0.25) is 0 Å². The Bertz CT molecular complexity index is 684. The van der Waals surface area contributed by atoms with Crippen LogP contribution >= 0.6 is 11.6 Å². The number of hydrogen-bond acceptors (Lipinski definition) is 3. The standard InChI is InChI=1S/C15H13ClN2O3/c16-11-2-1-3-12(13(11)15(20)21)18-14(19)10-6-4-9(8-17)5-7-10/h1-7H,8,17H2,(H,18,19)(H,20,21). The van der Waals surface area contributed by atoms with Crippen molar-refractivity contribution in [1.82, 2.24) is 0 Å². The van der Waals surface area contributed by atoms with Gasteiger partial charge in [-0.2, -0.15) is 0 Å². The number of anilines is 1. The summed E-state index contributed by atoms with van der Waals surface area (Å²) in [5, 5.41) is 11.8. The molecule has 0 atom stereocenters. The van der Waals surface area contributed by atoms with E-state index >= 15 is 0 Å². The first-order valence-corrected chi connectivity index (χ1v) is 6.53. The number of aromatic carboxylic acids is 1. The molecule has 0 radical (unpaired) electrons. The SMILES string of the molecule is NCc1ccc(C(=O)Nc2cccc(Cl)c2C(=O)O)cc1. The Morgan fingerprint density at radius 2 is 1.81 bits per heavy atom. The van der Waals surface area contributed by atoms with Crippen LogP contribution in [-0.4, -0.2) is 17.0 Å². The summed E-state index contributed by atoms with van der Waals surface area (Å²) in [6.45, 7) is 0.388. The Morgan fingerprint density at radius 3 is 2.38 bits per heavy atom. The summed E-state index contributed by atoms with van der Waals surface area (Å²) in [6.07, 6.45) is 0. The van der Waals surface area contributed by atoms with E-state index in [1.807, 2.05) is 0 Å². The molecule has 0 aliphatic carbocycles. The second-order valence-electron chi connectivity index (χ2n) is 4.32. The van der Waals surface area contributed by atoms with Gasteiger partial charge in [-0.25, -0.2) is 4.79 Å². The van der Waals surface area contributed by atoms with Crippen molar-refractivity contribution in [3.8, 4) is 0 Å². The molecule has 108 valence electrons. The first-order valence-electron chi connectivity index (χ1n) is 6.15. The maximum Gasteiger partial charge on any atom is 0.339 e. The highest BCUT2D eigenvalue weighted by Gasteiger charge is 2.16. The van der Waals surface area contributed by atoms with Gasteiger partial charge >= 0.3 is 5.97 Å². The fraction of sp³-hybridized carbons (Fsp3) is 0.0667. The van der Waals surface area contributed by atoms with Crippen LogP contribution < -0.4 is 11.1 Å². The number of carbonyl (C=O) groups excluding carboxylic acids is 1. The van der Waals surface area contributed by atoms with E-state index in [-0.39, 0.29) is 16.3 Å². The van der Waals surface area contributed by atoms with E-state index in [0.29, 0.717) is 12.1 Å². The molecule has 0 spiro atoms.